The number of aromatic nitrogens is 4. The molecule has 0 spiro atoms. The van der Waals surface area contributed by atoms with Gasteiger partial charge in [0.05, 0.1) is 43.4 Å². The van der Waals surface area contributed by atoms with E-state index in [4.69, 9.17) is 9.72 Å². The average molecular weight is 825 g/mol. The van der Waals surface area contributed by atoms with E-state index in [1.165, 1.54) is 18.1 Å². The second-order valence-corrected chi connectivity index (χ2v) is 18.2. The number of rotatable bonds is 5. The van der Waals surface area contributed by atoms with Gasteiger partial charge in [-0.15, -0.1) is 0 Å². The SMILES string of the molecule is CS(=O)(=O)c1ccc2c(c1)[nH]c1cc(Br)cnc12.CS(=O)(=O)c1ccc2c3ncc(Br)cc3n([C@H](c3ccccc3)C3CCOCC3)c2c1. The Morgan fingerprint density at radius 3 is 2.02 bits per heavy atom. The van der Waals surface area contributed by atoms with E-state index in [1.54, 1.807) is 42.7 Å². The molecule has 3 aromatic carbocycles. The van der Waals surface area contributed by atoms with Crippen molar-refractivity contribution >= 4 is 95.4 Å². The van der Waals surface area contributed by atoms with Gasteiger partial charge in [-0.3, -0.25) is 9.97 Å². The van der Waals surface area contributed by atoms with Gasteiger partial charge in [-0.1, -0.05) is 30.3 Å². The Kier molecular flexibility index (Phi) is 9.16. The number of pyridine rings is 2. The zero-order chi connectivity index (χ0) is 34.5. The molecule has 0 saturated carbocycles. The molecule has 0 bridgehead atoms. The molecule has 49 heavy (non-hydrogen) atoms. The van der Waals surface area contributed by atoms with Gasteiger partial charge in [0.15, 0.2) is 19.7 Å². The first-order chi connectivity index (χ1) is 23.4. The number of aromatic amines is 1. The molecule has 5 heterocycles. The van der Waals surface area contributed by atoms with Gasteiger partial charge in [-0.05, 0) is 105 Å². The van der Waals surface area contributed by atoms with Gasteiger partial charge in [0.25, 0.3) is 0 Å². The van der Waals surface area contributed by atoms with Gasteiger partial charge in [-0.25, -0.2) is 16.8 Å². The topological polar surface area (TPSA) is 124 Å². The Labute approximate surface area is 300 Å². The third-order valence-electron chi connectivity index (χ3n) is 8.94. The molecule has 9 nitrogen and oxygen atoms in total. The molecule has 7 aromatic rings. The molecule has 4 aromatic heterocycles. The van der Waals surface area contributed by atoms with E-state index in [-0.39, 0.29) is 6.04 Å². The summed E-state index contributed by atoms with van der Waals surface area (Å²) in [6, 6.07) is 24.9. The normalized spacial score (nSPS) is 15.1. The minimum Gasteiger partial charge on any atom is -0.381 e. The molecule has 1 aliphatic heterocycles. The Morgan fingerprint density at radius 2 is 1.35 bits per heavy atom. The van der Waals surface area contributed by atoms with Gasteiger partial charge in [0.1, 0.15) is 0 Å². The smallest absolute Gasteiger partial charge is 0.175 e. The second-order valence-electron chi connectivity index (χ2n) is 12.3. The van der Waals surface area contributed by atoms with Gasteiger partial charge in [0, 0.05) is 63.4 Å². The Morgan fingerprint density at radius 1 is 0.735 bits per heavy atom. The van der Waals surface area contributed by atoms with Crippen molar-refractivity contribution in [3.63, 3.8) is 0 Å². The van der Waals surface area contributed by atoms with Crippen LogP contribution in [0, 0.1) is 5.92 Å². The van der Waals surface area contributed by atoms with Crippen LogP contribution in [-0.4, -0.2) is 62.1 Å². The largest absolute Gasteiger partial charge is 0.381 e. The molecule has 1 atom stereocenters. The number of fused-ring (bicyclic) bond motifs is 6. The van der Waals surface area contributed by atoms with E-state index in [9.17, 15) is 16.8 Å². The van der Waals surface area contributed by atoms with Crippen molar-refractivity contribution in [2.75, 3.05) is 25.7 Å². The van der Waals surface area contributed by atoms with Crippen molar-refractivity contribution in [3.8, 4) is 0 Å². The lowest BCUT2D eigenvalue weighted by Gasteiger charge is -2.33. The summed E-state index contributed by atoms with van der Waals surface area (Å²) >= 11 is 6.94. The van der Waals surface area contributed by atoms with Crippen LogP contribution in [0.5, 0.6) is 0 Å². The zero-order valence-electron chi connectivity index (χ0n) is 26.6. The number of halogens is 2. The highest BCUT2D eigenvalue weighted by molar-refractivity contribution is 9.10. The maximum absolute atomic E-state index is 12.3. The van der Waals surface area contributed by atoms with Crippen molar-refractivity contribution in [1.29, 1.82) is 0 Å². The Balaban J connectivity index is 0.000000178. The number of hydrogen-bond donors (Lipinski definition) is 1. The minimum absolute atomic E-state index is 0.0519. The summed E-state index contributed by atoms with van der Waals surface area (Å²) in [6.45, 7) is 1.48. The lowest BCUT2D eigenvalue weighted by atomic mass is 9.86. The van der Waals surface area contributed by atoms with Crippen LogP contribution in [0.1, 0.15) is 24.4 Å². The molecular formula is C36H32Br2N4O5S2. The summed E-state index contributed by atoms with van der Waals surface area (Å²) in [5, 5.41) is 1.88. The summed E-state index contributed by atoms with van der Waals surface area (Å²) in [7, 11) is -6.52. The fourth-order valence-corrected chi connectivity index (χ4v) is 8.60. The molecule has 1 saturated heterocycles. The Bertz CT molecular complexity index is 2580. The van der Waals surface area contributed by atoms with Crippen molar-refractivity contribution in [1.82, 2.24) is 19.5 Å². The molecular weight excluding hydrogens is 792 g/mol. The van der Waals surface area contributed by atoms with Gasteiger partial charge >= 0.3 is 0 Å². The van der Waals surface area contributed by atoms with E-state index >= 15 is 0 Å². The van der Waals surface area contributed by atoms with E-state index in [0.717, 1.165) is 78.9 Å². The second kappa shape index (κ2) is 13.3. The number of nitrogens with zero attached hydrogens (tertiary/aromatic N) is 3. The maximum atomic E-state index is 12.3. The number of hydrogen-bond acceptors (Lipinski definition) is 7. The standard InChI is InChI=1S/C24H23BrN2O3S.C12H9BrN2O2S/c1-31(28,29)19-7-8-20-21(14-19)27(22-13-18(25)15-26-23(20)22)24(16-5-3-2-4-6-16)17-9-11-30-12-10-17;1-18(16,17)8-2-3-9-10(5-8)15-11-4-7(13)6-14-12(9)11/h2-8,13-15,17,24H,9-12H2,1H3;2-6,15H,1H3/t24-;/m1./s1. The van der Waals surface area contributed by atoms with Crippen LogP contribution in [0.25, 0.3) is 43.9 Å². The molecule has 1 fully saturated rings. The highest BCUT2D eigenvalue weighted by Crippen LogP contribution is 2.41. The molecule has 1 N–H and O–H groups in total. The number of H-pyrrole nitrogens is 1. The van der Waals surface area contributed by atoms with Crippen LogP contribution < -0.4 is 0 Å². The summed E-state index contributed by atoms with van der Waals surface area (Å²) in [4.78, 5) is 12.8. The fourth-order valence-electron chi connectivity index (χ4n) is 6.66. The van der Waals surface area contributed by atoms with Crippen LogP contribution in [0.15, 0.2) is 110 Å². The van der Waals surface area contributed by atoms with E-state index in [2.05, 4.69) is 76.7 Å². The highest BCUT2D eigenvalue weighted by atomic mass is 79.9. The Hall–Kier alpha value is -3.62. The number of sulfone groups is 2. The van der Waals surface area contributed by atoms with E-state index in [0.29, 0.717) is 15.7 Å². The zero-order valence-corrected chi connectivity index (χ0v) is 31.4. The summed E-state index contributed by atoms with van der Waals surface area (Å²) < 4.78 is 57.4. The van der Waals surface area contributed by atoms with Gasteiger partial charge in [0.2, 0.25) is 0 Å². The number of benzene rings is 3. The first-order valence-corrected chi connectivity index (χ1v) is 20.9. The lowest BCUT2D eigenvalue weighted by Crippen LogP contribution is -2.26. The molecule has 0 aliphatic carbocycles. The summed E-state index contributed by atoms with van der Waals surface area (Å²) in [6.07, 6.45) is 7.87. The quantitative estimate of drug-likeness (QED) is 0.186. The third-order valence-corrected chi connectivity index (χ3v) is 12.0. The van der Waals surface area contributed by atoms with Crippen LogP contribution in [-0.2, 0) is 24.4 Å². The predicted molar refractivity (Wildman–Crippen MR) is 201 cm³/mol. The van der Waals surface area contributed by atoms with Crippen LogP contribution in [0.3, 0.4) is 0 Å². The van der Waals surface area contributed by atoms with Gasteiger partial charge in [-0.2, -0.15) is 0 Å². The van der Waals surface area contributed by atoms with Crippen molar-refractivity contribution in [2.45, 2.75) is 28.7 Å². The van der Waals surface area contributed by atoms with Crippen LogP contribution >= 0.6 is 31.9 Å². The molecule has 13 heteroatoms. The highest BCUT2D eigenvalue weighted by Gasteiger charge is 2.30. The van der Waals surface area contributed by atoms with E-state index in [1.807, 2.05) is 18.2 Å². The van der Waals surface area contributed by atoms with Crippen LogP contribution in [0.2, 0.25) is 0 Å². The molecule has 0 unspecified atom stereocenters. The van der Waals surface area contributed by atoms with Gasteiger partial charge < -0.3 is 14.3 Å². The third kappa shape index (κ3) is 6.79. The average Bonchev–Trinajstić information content (AvgIpc) is 3.59. The first-order valence-electron chi connectivity index (χ1n) is 15.6. The molecule has 1 aliphatic rings. The molecule has 252 valence electrons. The summed E-state index contributed by atoms with van der Waals surface area (Å²) in [5.41, 5.74) is 6.47. The van der Waals surface area contributed by atoms with E-state index < -0.39 is 19.7 Å². The maximum Gasteiger partial charge on any atom is 0.175 e. The number of ether oxygens (including phenoxy) is 1. The monoisotopic (exact) mass is 822 g/mol. The first kappa shape index (κ1) is 33.9. The molecule has 8 rings (SSSR count). The van der Waals surface area contributed by atoms with Crippen molar-refractivity contribution < 1.29 is 21.6 Å². The summed E-state index contributed by atoms with van der Waals surface area (Å²) in [5.74, 6) is 0.371. The van der Waals surface area contributed by atoms with Crippen molar-refractivity contribution in [3.05, 3.63) is 106 Å². The van der Waals surface area contributed by atoms with Crippen molar-refractivity contribution in [2.24, 2.45) is 5.92 Å². The fraction of sp³-hybridized carbons (Fsp3) is 0.222. The lowest BCUT2D eigenvalue weighted by molar-refractivity contribution is 0.0553. The molecule has 0 amide bonds. The predicted octanol–water partition coefficient (Wildman–Crippen LogP) is 8.25. The minimum atomic E-state index is -3.33. The molecule has 0 radical (unpaired) electrons. The van der Waals surface area contributed by atoms with Crippen LogP contribution in [0.4, 0.5) is 0 Å². The number of nitrogens with one attached hydrogen (secondary N) is 1.